The summed E-state index contributed by atoms with van der Waals surface area (Å²) in [7, 11) is 0. The molecule has 0 bridgehead atoms. The molecular weight excluding hydrogens is 443 g/mol. The normalized spacial score (nSPS) is 16.3. The smallest absolute Gasteiger partial charge is 0.256 e. The van der Waals surface area contributed by atoms with Gasteiger partial charge in [-0.05, 0) is 56.0 Å². The van der Waals surface area contributed by atoms with E-state index in [0.29, 0.717) is 48.2 Å². The van der Waals surface area contributed by atoms with Crippen LogP contribution in [0.3, 0.4) is 0 Å². The fourth-order valence-corrected chi connectivity index (χ4v) is 4.64. The molecule has 7 heteroatoms. The van der Waals surface area contributed by atoms with Crippen molar-refractivity contribution in [3.8, 4) is 17.2 Å². The summed E-state index contributed by atoms with van der Waals surface area (Å²) in [5.74, 6) is -0.225. The molecule has 1 aliphatic heterocycles. The number of rotatable bonds is 4. The largest absolute Gasteiger partial charge is 0.339 e. The SMILES string of the molecule is CC(C)(C#N)c1ccc(-c2c(C(=O)N3CCN(C(=O)C4CC4)CC3)cnc3ccc(F)cc23)cc1. The van der Waals surface area contributed by atoms with Gasteiger partial charge in [0.1, 0.15) is 5.82 Å². The van der Waals surface area contributed by atoms with Crippen LogP contribution in [0.5, 0.6) is 0 Å². The van der Waals surface area contributed by atoms with Crippen molar-refractivity contribution >= 4 is 22.7 Å². The molecule has 1 saturated heterocycles. The molecule has 6 nitrogen and oxygen atoms in total. The Bertz CT molecular complexity index is 1350. The number of halogens is 1. The maximum Gasteiger partial charge on any atom is 0.256 e. The zero-order valence-corrected chi connectivity index (χ0v) is 19.9. The number of hydrogen-bond acceptors (Lipinski definition) is 4. The minimum Gasteiger partial charge on any atom is -0.339 e. The van der Waals surface area contributed by atoms with E-state index < -0.39 is 11.2 Å². The summed E-state index contributed by atoms with van der Waals surface area (Å²) in [6.45, 7) is 5.64. The molecule has 0 N–H and O–H groups in total. The van der Waals surface area contributed by atoms with E-state index in [9.17, 15) is 19.2 Å². The van der Waals surface area contributed by atoms with E-state index in [1.165, 1.54) is 12.1 Å². The predicted octanol–water partition coefficient (Wildman–Crippen LogP) is 4.54. The molecule has 1 aromatic heterocycles. The molecule has 2 heterocycles. The van der Waals surface area contributed by atoms with Crippen molar-refractivity contribution in [3.63, 3.8) is 0 Å². The number of pyridine rings is 1. The third kappa shape index (κ3) is 4.37. The van der Waals surface area contributed by atoms with Crippen LogP contribution in [-0.4, -0.2) is 52.8 Å². The summed E-state index contributed by atoms with van der Waals surface area (Å²) >= 11 is 0. The van der Waals surface area contributed by atoms with Gasteiger partial charge in [-0.1, -0.05) is 24.3 Å². The molecule has 2 fully saturated rings. The molecule has 2 aliphatic rings. The highest BCUT2D eigenvalue weighted by atomic mass is 19.1. The van der Waals surface area contributed by atoms with Gasteiger partial charge in [0.05, 0.1) is 22.6 Å². The molecule has 2 aromatic carbocycles. The molecule has 2 amide bonds. The summed E-state index contributed by atoms with van der Waals surface area (Å²) in [6.07, 6.45) is 3.49. The Balaban J connectivity index is 1.51. The van der Waals surface area contributed by atoms with E-state index in [-0.39, 0.29) is 17.7 Å². The second kappa shape index (κ2) is 8.77. The van der Waals surface area contributed by atoms with Crippen LogP contribution in [0.25, 0.3) is 22.0 Å². The Morgan fingerprint density at radius 3 is 2.31 bits per heavy atom. The van der Waals surface area contributed by atoms with Crippen molar-refractivity contribution in [3.05, 3.63) is 65.6 Å². The Kier molecular flexibility index (Phi) is 5.76. The second-order valence-corrected chi connectivity index (χ2v) is 9.91. The number of fused-ring (bicyclic) bond motifs is 1. The van der Waals surface area contributed by atoms with Gasteiger partial charge < -0.3 is 9.80 Å². The fourth-order valence-electron chi connectivity index (χ4n) is 4.64. The number of benzene rings is 2. The third-order valence-corrected chi connectivity index (χ3v) is 7.04. The van der Waals surface area contributed by atoms with E-state index in [1.54, 1.807) is 17.2 Å². The Morgan fingerprint density at radius 2 is 1.69 bits per heavy atom. The van der Waals surface area contributed by atoms with Crippen molar-refractivity contribution in [1.29, 1.82) is 5.26 Å². The standard InChI is InChI=1S/C28H27FN4O2/c1-28(2,17-30)20-7-5-18(6-8-20)25-22-15-21(29)9-10-24(22)31-16-23(25)27(35)33-13-11-32(12-14-33)26(34)19-3-4-19/h5-10,15-16,19H,3-4,11-14H2,1-2H3. The summed E-state index contributed by atoms with van der Waals surface area (Å²) in [5, 5.41) is 10.0. The fraction of sp³-hybridized carbons (Fsp3) is 0.357. The highest BCUT2D eigenvalue weighted by Gasteiger charge is 2.35. The van der Waals surface area contributed by atoms with Gasteiger partial charge in [-0.3, -0.25) is 14.6 Å². The van der Waals surface area contributed by atoms with Crippen LogP contribution >= 0.6 is 0 Å². The van der Waals surface area contributed by atoms with Crippen LogP contribution in [0.15, 0.2) is 48.7 Å². The maximum atomic E-state index is 14.3. The number of hydrogen-bond donors (Lipinski definition) is 0. The van der Waals surface area contributed by atoms with E-state index in [0.717, 1.165) is 24.0 Å². The molecule has 35 heavy (non-hydrogen) atoms. The average molecular weight is 471 g/mol. The number of nitriles is 1. The first-order valence-corrected chi connectivity index (χ1v) is 12.0. The first-order chi connectivity index (χ1) is 16.8. The van der Waals surface area contributed by atoms with E-state index >= 15 is 0 Å². The third-order valence-electron chi connectivity index (χ3n) is 7.04. The molecule has 3 aromatic rings. The lowest BCUT2D eigenvalue weighted by Gasteiger charge is -2.35. The molecule has 1 saturated carbocycles. The monoisotopic (exact) mass is 470 g/mol. The summed E-state index contributed by atoms with van der Waals surface area (Å²) in [6, 6.07) is 14.2. The van der Waals surface area contributed by atoms with Crippen LogP contribution in [0.1, 0.15) is 42.6 Å². The summed E-state index contributed by atoms with van der Waals surface area (Å²) in [4.78, 5) is 34.1. The van der Waals surface area contributed by atoms with Crippen LogP contribution in [-0.2, 0) is 10.2 Å². The van der Waals surface area contributed by atoms with Gasteiger partial charge in [0, 0.05) is 49.2 Å². The summed E-state index contributed by atoms with van der Waals surface area (Å²) < 4.78 is 14.3. The van der Waals surface area contributed by atoms with Gasteiger partial charge in [0.15, 0.2) is 0 Å². The molecule has 0 atom stereocenters. The van der Waals surface area contributed by atoms with Gasteiger partial charge in [0.25, 0.3) is 5.91 Å². The molecule has 0 spiro atoms. The Hall–Kier alpha value is -3.79. The lowest BCUT2D eigenvalue weighted by atomic mass is 9.85. The number of piperazine rings is 1. The number of carbonyl (C=O) groups excluding carboxylic acids is 2. The molecule has 0 radical (unpaired) electrons. The number of nitrogens with zero attached hydrogens (tertiary/aromatic N) is 4. The quantitative estimate of drug-likeness (QED) is 0.561. The molecule has 178 valence electrons. The van der Waals surface area contributed by atoms with Gasteiger partial charge in [-0.2, -0.15) is 5.26 Å². The zero-order chi connectivity index (χ0) is 24.7. The van der Waals surface area contributed by atoms with E-state index in [1.807, 2.05) is 43.0 Å². The predicted molar refractivity (Wildman–Crippen MR) is 131 cm³/mol. The van der Waals surface area contributed by atoms with E-state index in [4.69, 9.17) is 0 Å². The van der Waals surface area contributed by atoms with Crippen molar-refractivity contribution < 1.29 is 14.0 Å². The highest BCUT2D eigenvalue weighted by molar-refractivity contribution is 6.08. The molecule has 0 unspecified atom stereocenters. The molecule has 1 aliphatic carbocycles. The lowest BCUT2D eigenvalue weighted by molar-refractivity contribution is -0.134. The number of amides is 2. The van der Waals surface area contributed by atoms with E-state index in [2.05, 4.69) is 11.1 Å². The molecular formula is C28H27FN4O2. The Labute approximate surface area is 204 Å². The van der Waals surface area contributed by atoms with Gasteiger partial charge >= 0.3 is 0 Å². The zero-order valence-electron chi connectivity index (χ0n) is 19.9. The van der Waals surface area contributed by atoms with Crippen LogP contribution in [0, 0.1) is 23.1 Å². The van der Waals surface area contributed by atoms with Crippen molar-refractivity contribution in [2.75, 3.05) is 26.2 Å². The van der Waals surface area contributed by atoms with Crippen molar-refractivity contribution in [1.82, 2.24) is 14.8 Å². The van der Waals surface area contributed by atoms with Crippen LogP contribution in [0.2, 0.25) is 0 Å². The second-order valence-electron chi connectivity index (χ2n) is 9.91. The average Bonchev–Trinajstić information content (AvgIpc) is 3.73. The van der Waals surface area contributed by atoms with Gasteiger partial charge in [-0.15, -0.1) is 0 Å². The van der Waals surface area contributed by atoms with Crippen molar-refractivity contribution in [2.45, 2.75) is 32.1 Å². The van der Waals surface area contributed by atoms with Crippen LogP contribution < -0.4 is 0 Å². The number of carbonyl (C=O) groups is 2. The van der Waals surface area contributed by atoms with Gasteiger partial charge in [-0.25, -0.2) is 4.39 Å². The van der Waals surface area contributed by atoms with Crippen LogP contribution in [0.4, 0.5) is 4.39 Å². The minimum atomic E-state index is -0.652. The first-order valence-electron chi connectivity index (χ1n) is 12.0. The minimum absolute atomic E-state index is 0.164. The lowest BCUT2D eigenvalue weighted by Crippen LogP contribution is -2.51. The van der Waals surface area contributed by atoms with Crippen molar-refractivity contribution in [2.24, 2.45) is 5.92 Å². The molecule has 5 rings (SSSR count). The topological polar surface area (TPSA) is 77.3 Å². The number of aromatic nitrogens is 1. The first kappa shape index (κ1) is 23.0. The maximum absolute atomic E-state index is 14.3. The van der Waals surface area contributed by atoms with Gasteiger partial charge in [0.2, 0.25) is 5.91 Å². The highest BCUT2D eigenvalue weighted by Crippen LogP contribution is 2.35. The summed E-state index contributed by atoms with van der Waals surface area (Å²) in [5.41, 5.74) is 2.58. The Morgan fingerprint density at radius 1 is 1.03 bits per heavy atom.